The number of carbonyl (C=O) groups excluding carboxylic acids is 1. The molecule has 2 rings (SSSR count). The molecule has 4 nitrogen and oxygen atoms in total. The molecule has 2 N–H and O–H groups in total. The summed E-state index contributed by atoms with van der Waals surface area (Å²) in [5, 5.41) is 2.84. The van der Waals surface area contributed by atoms with Gasteiger partial charge in [-0.05, 0) is 25.5 Å². The Morgan fingerprint density at radius 2 is 2.47 bits per heavy atom. The molecule has 1 atom stereocenters. The van der Waals surface area contributed by atoms with Crippen LogP contribution in [-0.2, 0) is 0 Å². The molecule has 0 radical (unpaired) electrons. The van der Waals surface area contributed by atoms with Crippen LogP contribution in [0, 0.1) is 0 Å². The van der Waals surface area contributed by atoms with Crippen molar-refractivity contribution in [1.29, 1.82) is 0 Å². The predicted molar refractivity (Wildman–Crippen MR) is 69.5 cm³/mol. The van der Waals surface area contributed by atoms with Crippen LogP contribution in [0.15, 0.2) is 23.3 Å². The molecule has 1 saturated heterocycles. The van der Waals surface area contributed by atoms with Gasteiger partial charge in [-0.2, -0.15) is 11.8 Å². The van der Waals surface area contributed by atoms with E-state index in [2.05, 4.69) is 17.2 Å². The smallest absolute Gasteiger partial charge is 0.256 e. The minimum absolute atomic E-state index is 0.122. The number of hydrogen-bond donors (Lipinski definition) is 2. The quantitative estimate of drug-likeness (QED) is 0.854. The summed E-state index contributed by atoms with van der Waals surface area (Å²) in [4.78, 5) is 26.0. The third-order valence-electron chi connectivity index (χ3n) is 2.99. The zero-order valence-corrected chi connectivity index (χ0v) is 10.6. The number of aromatic amines is 1. The van der Waals surface area contributed by atoms with Gasteiger partial charge in [0.05, 0.1) is 0 Å². The van der Waals surface area contributed by atoms with Crippen molar-refractivity contribution in [2.45, 2.75) is 24.5 Å². The van der Waals surface area contributed by atoms with Crippen LogP contribution < -0.4 is 10.7 Å². The minimum atomic E-state index is -0.291. The average molecular weight is 252 g/mol. The van der Waals surface area contributed by atoms with E-state index in [0.29, 0.717) is 6.54 Å². The number of pyridine rings is 1. The van der Waals surface area contributed by atoms with Crippen molar-refractivity contribution in [3.05, 3.63) is 34.2 Å². The molecule has 1 amide bonds. The van der Waals surface area contributed by atoms with Gasteiger partial charge in [0.2, 0.25) is 0 Å². The number of thioether (sulfide) groups is 1. The zero-order valence-electron chi connectivity index (χ0n) is 9.79. The second-order valence-corrected chi connectivity index (χ2v) is 6.19. The molecule has 0 saturated carbocycles. The summed E-state index contributed by atoms with van der Waals surface area (Å²) < 4.78 is 0.122. The fourth-order valence-electron chi connectivity index (χ4n) is 1.93. The fourth-order valence-corrected chi connectivity index (χ4v) is 3.18. The van der Waals surface area contributed by atoms with E-state index in [1.807, 2.05) is 11.8 Å². The van der Waals surface area contributed by atoms with Crippen LogP contribution in [0.3, 0.4) is 0 Å². The molecule has 5 heteroatoms. The van der Waals surface area contributed by atoms with Gasteiger partial charge in [-0.3, -0.25) is 9.59 Å². The molecule has 1 aromatic heterocycles. The van der Waals surface area contributed by atoms with E-state index in [9.17, 15) is 9.59 Å². The molecular weight excluding hydrogens is 236 g/mol. The van der Waals surface area contributed by atoms with Crippen molar-refractivity contribution in [2.75, 3.05) is 12.3 Å². The van der Waals surface area contributed by atoms with Gasteiger partial charge < -0.3 is 10.3 Å². The number of hydrogen-bond acceptors (Lipinski definition) is 3. The standard InChI is InChI=1S/C12H16N2O2S/c1-12(4-2-6-17-12)8-14-11(16)9-7-13-5-3-10(9)15/h3,5,7H,2,4,6,8H2,1H3,(H,13,15)(H,14,16). The molecule has 1 fully saturated rings. The van der Waals surface area contributed by atoms with E-state index in [4.69, 9.17) is 0 Å². The number of carbonyl (C=O) groups is 1. The highest BCUT2D eigenvalue weighted by molar-refractivity contribution is 8.00. The second kappa shape index (κ2) is 4.96. The summed E-state index contributed by atoms with van der Waals surface area (Å²) in [5.41, 5.74) is -0.0652. The first-order valence-corrected chi connectivity index (χ1v) is 6.69. The highest BCUT2D eigenvalue weighted by Gasteiger charge is 2.29. The Labute approximate surface area is 104 Å². The highest BCUT2D eigenvalue weighted by atomic mass is 32.2. The maximum Gasteiger partial charge on any atom is 0.256 e. The number of H-pyrrole nitrogens is 1. The van der Waals surface area contributed by atoms with Crippen molar-refractivity contribution >= 4 is 17.7 Å². The van der Waals surface area contributed by atoms with Gasteiger partial charge in [0.1, 0.15) is 5.56 Å². The van der Waals surface area contributed by atoms with Crippen LogP contribution in [0.1, 0.15) is 30.1 Å². The summed E-state index contributed by atoms with van der Waals surface area (Å²) in [5.74, 6) is 0.860. The molecule has 1 aliphatic heterocycles. The number of rotatable bonds is 3. The molecule has 17 heavy (non-hydrogen) atoms. The molecule has 1 unspecified atom stereocenters. The van der Waals surface area contributed by atoms with Gasteiger partial charge in [0, 0.05) is 29.8 Å². The Morgan fingerprint density at radius 1 is 1.65 bits per heavy atom. The Morgan fingerprint density at radius 3 is 3.12 bits per heavy atom. The van der Waals surface area contributed by atoms with Gasteiger partial charge in [-0.1, -0.05) is 0 Å². The molecule has 2 heterocycles. The van der Waals surface area contributed by atoms with E-state index in [0.717, 1.165) is 12.2 Å². The molecule has 92 valence electrons. The van der Waals surface area contributed by atoms with Crippen molar-refractivity contribution < 1.29 is 4.79 Å². The average Bonchev–Trinajstić information content (AvgIpc) is 2.74. The molecule has 1 aliphatic rings. The largest absolute Gasteiger partial charge is 0.367 e. The lowest BCUT2D eigenvalue weighted by molar-refractivity contribution is 0.0948. The molecule has 0 aromatic carbocycles. The number of aromatic nitrogens is 1. The van der Waals surface area contributed by atoms with Crippen LogP contribution >= 0.6 is 11.8 Å². The Balaban J connectivity index is 1.98. The maximum atomic E-state index is 11.8. The van der Waals surface area contributed by atoms with E-state index in [-0.39, 0.29) is 21.6 Å². The Hall–Kier alpha value is -1.23. The maximum absolute atomic E-state index is 11.8. The first kappa shape index (κ1) is 12.2. The summed E-state index contributed by atoms with van der Waals surface area (Å²) in [6, 6.07) is 1.36. The van der Waals surface area contributed by atoms with E-state index in [1.165, 1.54) is 24.9 Å². The van der Waals surface area contributed by atoms with Crippen LogP contribution in [0.4, 0.5) is 0 Å². The number of amides is 1. The zero-order chi connectivity index (χ0) is 12.3. The summed E-state index contributed by atoms with van der Waals surface area (Å²) in [6.45, 7) is 2.77. The van der Waals surface area contributed by atoms with Gasteiger partial charge in [0.15, 0.2) is 5.43 Å². The topological polar surface area (TPSA) is 62.0 Å². The predicted octanol–water partition coefficient (Wildman–Crippen LogP) is 1.39. The SMILES string of the molecule is CC1(CNC(=O)c2c[nH]ccc2=O)CCCS1. The van der Waals surface area contributed by atoms with E-state index in [1.54, 1.807) is 0 Å². The van der Waals surface area contributed by atoms with Crippen molar-refractivity contribution in [3.63, 3.8) is 0 Å². The van der Waals surface area contributed by atoms with Gasteiger partial charge >= 0.3 is 0 Å². The second-order valence-electron chi connectivity index (χ2n) is 4.51. The van der Waals surface area contributed by atoms with Crippen LogP contribution in [0.5, 0.6) is 0 Å². The lowest BCUT2D eigenvalue weighted by Gasteiger charge is -2.22. The molecule has 0 aliphatic carbocycles. The fraction of sp³-hybridized carbons (Fsp3) is 0.500. The molecule has 1 aromatic rings. The van der Waals surface area contributed by atoms with E-state index >= 15 is 0 Å². The Bertz CT molecular complexity index is 464. The van der Waals surface area contributed by atoms with Crippen molar-refractivity contribution in [3.8, 4) is 0 Å². The third-order valence-corrected chi connectivity index (χ3v) is 4.53. The normalized spacial score (nSPS) is 23.6. The highest BCUT2D eigenvalue weighted by Crippen LogP contribution is 2.36. The summed E-state index contributed by atoms with van der Waals surface area (Å²) in [6.07, 6.45) is 5.28. The van der Waals surface area contributed by atoms with Crippen molar-refractivity contribution in [2.24, 2.45) is 0 Å². The lowest BCUT2D eigenvalue weighted by Crippen LogP contribution is -2.38. The lowest BCUT2D eigenvalue weighted by atomic mass is 10.1. The van der Waals surface area contributed by atoms with Gasteiger partial charge in [-0.25, -0.2) is 0 Å². The van der Waals surface area contributed by atoms with Gasteiger partial charge in [0.25, 0.3) is 5.91 Å². The summed E-state index contributed by atoms with van der Waals surface area (Å²) >= 11 is 1.89. The van der Waals surface area contributed by atoms with Crippen molar-refractivity contribution in [1.82, 2.24) is 10.3 Å². The van der Waals surface area contributed by atoms with E-state index < -0.39 is 0 Å². The number of nitrogens with one attached hydrogen (secondary N) is 2. The van der Waals surface area contributed by atoms with Gasteiger partial charge in [-0.15, -0.1) is 0 Å². The minimum Gasteiger partial charge on any atom is -0.367 e. The molecular formula is C12H16N2O2S. The Kier molecular flexibility index (Phi) is 3.57. The molecule has 0 bridgehead atoms. The van der Waals surface area contributed by atoms with Crippen LogP contribution in [0.2, 0.25) is 0 Å². The first-order chi connectivity index (χ1) is 8.11. The monoisotopic (exact) mass is 252 g/mol. The summed E-state index contributed by atoms with van der Waals surface area (Å²) in [7, 11) is 0. The van der Waals surface area contributed by atoms with Crippen LogP contribution in [-0.4, -0.2) is 27.9 Å². The van der Waals surface area contributed by atoms with Crippen LogP contribution in [0.25, 0.3) is 0 Å². The first-order valence-electron chi connectivity index (χ1n) is 5.70. The third kappa shape index (κ3) is 2.91. The molecule has 0 spiro atoms.